The standard InChI is InChI=1S/C13H15BrClNO.BrH/c1-16-13(8-4-6-10(14)12(13)17)9-5-2-3-7-11(9)15;/h2-3,5,7,10,16H,4,6,8H2,1H3;1H. The highest BCUT2D eigenvalue weighted by molar-refractivity contribution is 9.10. The average molecular weight is 398 g/mol. The number of ketones is 1. The second-order valence-corrected chi connectivity index (χ2v) is 5.87. The van der Waals surface area contributed by atoms with Crippen LogP contribution in [0.15, 0.2) is 24.3 Å². The Hall–Kier alpha value is 0.1000. The second kappa shape index (κ2) is 6.51. The van der Waals surface area contributed by atoms with Crippen molar-refractivity contribution in [2.24, 2.45) is 0 Å². The van der Waals surface area contributed by atoms with Crippen LogP contribution in [-0.4, -0.2) is 17.7 Å². The Labute approximate surface area is 131 Å². The lowest BCUT2D eigenvalue weighted by Crippen LogP contribution is -2.53. The summed E-state index contributed by atoms with van der Waals surface area (Å²) in [6, 6.07) is 7.57. The highest BCUT2D eigenvalue weighted by atomic mass is 79.9. The minimum Gasteiger partial charge on any atom is -0.304 e. The van der Waals surface area contributed by atoms with Crippen molar-refractivity contribution in [3.63, 3.8) is 0 Å². The molecule has 0 radical (unpaired) electrons. The fourth-order valence-corrected chi connectivity index (χ4v) is 3.54. The fraction of sp³-hybridized carbons (Fsp3) is 0.462. The number of hydrogen-bond donors (Lipinski definition) is 1. The van der Waals surface area contributed by atoms with E-state index in [9.17, 15) is 4.79 Å². The minimum atomic E-state index is -0.634. The van der Waals surface area contributed by atoms with Crippen LogP contribution in [0, 0.1) is 0 Å². The molecule has 0 spiro atoms. The van der Waals surface area contributed by atoms with Crippen molar-refractivity contribution in [3.8, 4) is 0 Å². The lowest BCUT2D eigenvalue weighted by atomic mass is 9.75. The molecule has 18 heavy (non-hydrogen) atoms. The van der Waals surface area contributed by atoms with Gasteiger partial charge in [-0.05, 0) is 37.9 Å². The first-order valence-electron chi connectivity index (χ1n) is 5.74. The summed E-state index contributed by atoms with van der Waals surface area (Å²) < 4.78 is 0. The van der Waals surface area contributed by atoms with E-state index in [0.717, 1.165) is 24.8 Å². The largest absolute Gasteiger partial charge is 0.304 e. The van der Waals surface area contributed by atoms with Crippen molar-refractivity contribution in [1.82, 2.24) is 5.32 Å². The van der Waals surface area contributed by atoms with Crippen molar-refractivity contribution >= 4 is 50.3 Å². The summed E-state index contributed by atoms with van der Waals surface area (Å²) in [7, 11) is 1.83. The first-order chi connectivity index (χ1) is 8.12. The Morgan fingerprint density at radius 1 is 1.44 bits per heavy atom. The van der Waals surface area contributed by atoms with Gasteiger partial charge in [0.15, 0.2) is 5.78 Å². The van der Waals surface area contributed by atoms with E-state index >= 15 is 0 Å². The second-order valence-electron chi connectivity index (χ2n) is 4.36. The maximum Gasteiger partial charge on any atom is 0.170 e. The molecule has 2 unspecified atom stereocenters. The first-order valence-corrected chi connectivity index (χ1v) is 7.03. The van der Waals surface area contributed by atoms with Crippen LogP contribution in [0.3, 0.4) is 0 Å². The molecule has 1 fully saturated rings. The Morgan fingerprint density at radius 3 is 2.72 bits per heavy atom. The van der Waals surface area contributed by atoms with E-state index in [1.165, 1.54) is 0 Å². The first kappa shape index (κ1) is 16.2. The summed E-state index contributed by atoms with van der Waals surface area (Å²) in [5, 5.41) is 3.84. The number of benzene rings is 1. The average Bonchev–Trinajstić information content (AvgIpc) is 2.34. The molecule has 0 aliphatic heterocycles. The zero-order chi connectivity index (χ0) is 12.5. The van der Waals surface area contributed by atoms with E-state index in [1.54, 1.807) is 0 Å². The van der Waals surface area contributed by atoms with Crippen molar-refractivity contribution < 1.29 is 4.79 Å². The molecule has 2 rings (SSSR count). The van der Waals surface area contributed by atoms with Gasteiger partial charge < -0.3 is 5.32 Å². The Kier molecular flexibility index (Phi) is 5.84. The highest BCUT2D eigenvalue weighted by Gasteiger charge is 2.45. The van der Waals surface area contributed by atoms with Gasteiger partial charge in [0.25, 0.3) is 0 Å². The molecule has 0 saturated heterocycles. The molecular formula is C13H16Br2ClNO. The number of carbonyl (C=O) groups is 1. The zero-order valence-electron chi connectivity index (χ0n) is 10.1. The zero-order valence-corrected chi connectivity index (χ0v) is 14.1. The lowest BCUT2D eigenvalue weighted by molar-refractivity contribution is -0.127. The van der Waals surface area contributed by atoms with Crippen molar-refractivity contribution in [2.45, 2.75) is 29.6 Å². The normalized spacial score (nSPS) is 27.7. The molecule has 2 nitrogen and oxygen atoms in total. The van der Waals surface area contributed by atoms with Gasteiger partial charge in [-0.2, -0.15) is 0 Å². The number of Topliss-reactive ketones (excluding diaryl/α,β-unsaturated/α-hetero) is 1. The molecule has 1 aliphatic carbocycles. The van der Waals surface area contributed by atoms with E-state index in [2.05, 4.69) is 21.2 Å². The van der Waals surface area contributed by atoms with Gasteiger partial charge in [-0.15, -0.1) is 17.0 Å². The maximum atomic E-state index is 12.5. The Morgan fingerprint density at radius 2 is 2.11 bits per heavy atom. The van der Waals surface area contributed by atoms with E-state index in [4.69, 9.17) is 11.6 Å². The van der Waals surface area contributed by atoms with Gasteiger partial charge in [0, 0.05) is 5.02 Å². The van der Waals surface area contributed by atoms with E-state index < -0.39 is 5.54 Å². The molecule has 1 saturated carbocycles. The van der Waals surface area contributed by atoms with Crippen LogP contribution < -0.4 is 5.32 Å². The molecule has 0 aromatic heterocycles. The molecule has 1 aromatic carbocycles. The van der Waals surface area contributed by atoms with E-state index in [0.29, 0.717) is 5.02 Å². The van der Waals surface area contributed by atoms with Gasteiger partial charge in [-0.3, -0.25) is 4.79 Å². The SMILES string of the molecule is Br.CNC1(c2ccccc2Cl)CCCC(Br)C1=O. The number of carbonyl (C=O) groups excluding carboxylic acids is 1. The molecule has 0 bridgehead atoms. The molecule has 5 heteroatoms. The fourth-order valence-electron chi connectivity index (χ4n) is 2.53. The topological polar surface area (TPSA) is 29.1 Å². The minimum absolute atomic E-state index is 0. The van der Waals surface area contributed by atoms with E-state index in [1.807, 2.05) is 31.3 Å². The van der Waals surface area contributed by atoms with Crippen LogP contribution in [0.25, 0.3) is 0 Å². The molecular weight excluding hydrogens is 381 g/mol. The van der Waals surface area contributed by atoms with Gasteiger partial charge in [-0.1, -0.05) is 45.7 Å². The third-order valence-electron chi connectivity index (χ3n) is 3.47. The molecule has 2 atom stereocenters. The Bertz CT molecular complexity index is 441. The van der Waals surface area contributed by atoms with Crippen LogP contribution in [-0.2, 0) is 10.3 Å². The molecule has 1 N–H and O–H groups in total. The lowest BCUT2D eigenvalue weighted by Gasteiger charge is -2.38. The van der Waals surface area contributed by atoms with Gasteiger partial charge in [0.05, 0.1) is 4.83 Å². The molecule has 0 heterocycles. The van der Waals surface area contributed by atoms with Gasteiger partial charge in [-0.25, -0.2) is 0 Å². The Balaban J connectivity index is 0.00000162. The molecule has 100 valence electrons. The van der Waals surface area contributed by atoms with Gasteiger partial charge >= 0.3 is 0 Å². The van der Waals surface area contributed by atoms with Crippen molar-refractivity contribution in [3.05, 3.63) is 34.9 Å². The molecule has 1 aromatic rings. The van der Waals surface area contributed by atoms with Crippen molar-refractivity contribution in [2.75, 3.05) is 7.05 Å². The quantitative estimate of drug-likeness (QED) is 0.768. The number of nitrogens with one attached hydrogen (secondary N) is 1. The number of hydrogen-bond acceptors (Lipinski definition) is 2. The predicted octanol–water partition coefficient (Wildman–Crippen LogP) is 3.85. The maximum absolute atomic E-state index is 12.5. The van der Waals surface area contributed by atoms with Crippen LogP contribution in [0.1, 0.15) is 24.8 Å². The smallest absolute Gasteiger partial charge is 0.170 e. The summed E-state index contributed by atoms with van der Waals surface area (Å²) in [6.07, 6.45) is 2.70. The predicted molar refractivity (Wildman–Crippen MR) is 84.1 cm³/mol. The van der Waals surface area contributed by atoms with Crippen LogP contribution >= 0.6 is 44.5 Å². The summed E-state index contributed by atoms with van der Waals surface area (Å²) >= 11 is 9.69. The summed E-state index contributed by atoms with van der Waals surface area (Å²) in [5.41, 5.74) is 0.253. The van der Waals surface area contributed by atoms with Crippen LogP contribution in [0.4, 0.5) is 0 Å². The monoisotopic (exact) mass is 395 g/mol. The third kappa shape index (κ3) is 2.67. The number of likely N-dealkylation sites (N-methyl/N-ethyl adjacent to an activating group) is 1. The molecule has 1 aliphatic rings. The van der Waals surface area contributed by atoms with Crippen LogP contribution in [0.5, 0.6) is 0 Å². The molecule has 0 amide bonds. The van der Waals surface area contributed by atoms with E-state index in [-0.39, 0.29) is 27.6 Å². The van der Waals surface area contributed by atoms with Gasteiger partial charge in [0.1, 0.15) is 5.54 Å². The highest BCUT2D eigenvalue weighted by Crippen LogP contribution is 2.39. The summed E-state index contributed by atoms with van der Waals surface area (Å²) in [4.78, 5) is 12.4. The van der Waals surface area contributed by atoms with Crippen LogP contribution in [0.2, 0.25) is 5.02 Å². The number of halogens is 3. The summed E-state index contributed by atoms with van der Waals surface area (Å²) in [6.45, 7) is 0. The van der Waals surface area contributed by atoms with Crippen molar-refractivity contribution in [1.29, 1.82) is 0 Å². The third-order valence-corrected chi connectivity index (χ3v) is 4.68. The number of alkyl halides is 1. The number of rotatable bonds is 2. The summed E-state index contributed by atoms with van der Waals surface area (Å²) in [5.74, 6) is 0.180. The van der Waals surface area contributed by atoms with Gasteiger partial charge in [0.2, 0.25) is 0 Å².